The monoisotopic (exact) mass is 114 g/mol. The predicted octanol–water partition coefficient (Wildman–Crippen LogP) is 2.20. The Morgan fingerprint density at radius 2 is 2.29 bits per heavy atom. The van der Waals surface area contributed by atoms with Gasteiger partial charge in [-0.2, -0.15) is 0 Å². The molecule has 0 aromatic carbocycles. The zero-order chi connectivity index (χ0) is 5.70. The summed E-state index contributed by atoms with van der Waals surface area (Å²) in [5.41, 5.74) is 3.62. The van der Waals surface area contributed by atoms with Crippen molar-refractivity contribution in [1.29, 1.82) is 0 Å². The second-order valence-electron chi connectivity index (χ2n) is 1.44. The zero-order valence-corrected chi connectivity index (χ0v) is 5.33. The van der Waals surface area contributed by atoms with Crippen LogP contribution in [0, 0.1) is 5.63 Å². The Kier molecular flexibility index (Phi) is 3.78. The third-order valence-electron chi connectivity index (χ3n) is 0.406. The van der Waals surface area contributed by atoms with Gasteiger partial charge in [0.05, 0.1) is 0 Å². The summed E-state index contributed by atoms with van der Waals surface area (Å²) in [5.74, 6) is 0. The van der Waals surface area contributed by atoms with Gasteiger partial charge in [0.2, 0.25) is 0 Å². The Balaban J connectivity index is 3.86. The summed E-state index contributed by atoms with van der Waals surface area (Å²) in [6, 6.07) is 0. The minimum atomic E-state index is -0.0361. The average Bonchev–Trinajstić information content (AvgIpc) is 1.61. The molecule has 0 N–H and O–H groups in total. The SMILES string of the molecule is CC(C)=CC#P=O. The van der Waals surface area contributed by atoms with E-state index in [2.05, 4.69) is 5.63 Å². The second kappa shape index (κ2) is 3.92. The summed E-state index contributed by atoms with van der Waals surface area (Å²) in [4.78, 5) is 0. The van der Waals surface area contributed by atoms with Crippen molar-refractivity contribution in [3.63, 3.8) is 0 Å². The molecule has 0 amide bonds. The Bertz CT molecular complexity index is 157. The topological polar surface area (TPSA) is 17.1 Å². The summed E-state index contributed by atoms with van der Waals surface area (Å²) < 4.78 is 9.65. The molecule has 7 heavy (non-hydrogen) atoms. The number of hydrogen-bond donors (Lipinski definition) is 0. The number of allylic oxidation sites excluding steroid dienone is 2. The van der Waals surface area contributed by atoms with Crippen LogP contribution in [0.5, 0.6) is 0 Å². The van der Waals surface area contributed by atoms with Crippen LogP contribution in [-0.4, -0.2) is 0 Å². The molecule has 0 saturated carbocycles. The zero-order valence-electron chi connectivity index (χ0n) is 4.43. The Labute approximate surface area is 44.5 Å². The average molecular weight is 114 g/mol. The van der Waals surface area contributed by atoms with Crippen molar-refractivity contribution in [2.45, 2.75) is 13.8 Å². The van der Waals surface area contributed by atoms with Crippen LogP contribution in [-0.2, 0) is 4.57 Å². The van der Waals surface area contributed by atoms with E-state index in [-0.39, 0.29) is 7.92 Å². The fraction of sp³-hybridized carbons (Fsp3) is 0.400. The van der Waals surface area contributed by atoms with E-state index < -0.39 is 0 Å². The van der Waals surface area contributed by atoms with Crippen LogP contribution in [0.4, 0.5) is 0 Å². The molecular formula is C5H7OP. The molecule has 1 nitrogen and oxygen atoms in total. The first kappa shape index (κ1) is 6.75. The molecule has 0 aliphatic heterocycles. The van der Waals surface area contributed by atoms with Crippen molar-refractivity contribution in [3.05, 3.63) is 11.6 Å². The molecule has 0 aromatic rings. The summed E-state index contributed by atoms with van der Waals surface area (Å²) in [7, 11) is -0.0361. The van der Waals surface area contributed by atoms with Gasteiger partial charge < -0.3 is 0 Å². The third-order valence-corrected chi connectivity index (χ3v) is 0.640. The van der Waals surface area contributed by atoms with Crippen LogP contribution >= 0.6 is 7.92 Å². The summed E-state index contributed by atoms with van der Waals surface area (Å²) in [5, 5.41) is 0. The van der Waals surface area contributed by atoms with Gasteiger partial charge in [0.1, 0.15) is 0 Å². The van der Waals surface area contributed by atoms with Crippen LogP contribution in [0.2, 0.25) is 0 Å². The van der Waals surface area contributed by atoms with E-state index in [1.54, 1.807) is 6.08 Å². The molecule has 0 unspecified atom stereocenters. The van der Waals surface area contributed by atoms with E-state index in [1.165, 1.54) is 0 Å². The summed E-state index contributed by atoms with van der Waals surface area (Å²) in [6.07, 6.45) is 1.69. The Morgan fingerprint density at radius 3 is 2.43 bits per heavy atom. The molecule has 0 aliphatic carbocycles. The summed E-state index contributed by atoms with van der Waals surface area (Å²) >= 11 is 0. The molecule has 0 heterocycles. The first-order chi connectivity index (χ1) is 3.27. The van der Waals surface area contributed by atoms with Gasteiger partial charge in [-0.15, -0.1) is 0 Å². The van der Waals surface area contributed by atoms with Gasteiger partial charge in [0, 0.05) is 0 Å². The van der Waals surface area contributed by atoms with E-state index in [0.717, 1.165) is 5.57 Å². The fourth-order valence-corrected chi connectivity index (χ4v) is 0.466. The molecule has 0 radical (unpaired) electrons. The quantitative estimate of drug-likeness (QED) is 0.441. The summed E-state index contributed by atoms with van der Waals surface area (Å²) in [6.45, 7) is 3.86. The van der Waals surface area contributed by atoms with Crippen LogP contribution in [0.25, 0.3) is 0 Å². The van der Waals surface area contributed by atoms with Crippen molar-refractivity contribution < 1.29 is 4.57 Å². The van der Waals surface area contributed by atoms with Gasteiger partial charge in [-0.1, -0.05) is 0 Å². The molecule has 0 spiro atoms. The molecule has 38 valence electrons. The van der Waals surface area contributed by atoms with Crippen molar-refractivity contribution >= 4 is 7.92 Å². The number of rotatable bonds is 0. The molecule has 0 aliphatic rings. The predicted molar refractivity (Wildman–Crippen MR) is 30.9 cm³/mol. The second-order valence-corrected chi connectivity index (χ2v) is 1.88. The van der Waals surface area contributed by atoms with E-state index in [4.69, 9.17) is 0 Å². The molecule has 0 rings (SSSR count). The van der Waals surface area contributed by atoms with Crippen LogP contribution in [0.15, 0.2) is 11.6 Å². The minimum absolute atomic E-state index is 0.0361. The molecule has 0 aromatic heterocycles. The van der Waals surface area contributed by atoms with Gasteiger partial charge in [-0.3, -0.25) is 0 Å². The van der Waals surface area contributed by atoms with Gasteiger partial charge in [-0.25, -0.2) is 0 Å². The van der Waals surface area contributed by atoms with Crippen molar-refractivity contribution in [3.8, 4) is 5.63 Å². The maximum atomic E-state index is 9.65. The van der Waals surface area contributed by atoms with Crippen LogP contribution < -0.4 is 0 Å². The normalized spacial score (nSPS) is 6.57. The van der Waals surface area contributed by atoms with Crippen molar-refractivity contribution in [2.75, 3.05) is 0 Å². The molecule has 0 atom stereocenters. The van der Waals surface area contributed by atoms with Crippen molar-refractivity contribution in [2.24, 2.45) is 0 Å². The van der Waals surface area contributed by atoms with Gasteiger partial charge in [-0.05, 0) is 0 Å². The van der Waals surface area contributed by atoms with Gasteiger partial charge in [0.25, 0.3) is 0 Å². The van der Waals surface area contributed by atoms with Crippen LogP contribution in [0.3, 0.4) is 0 Å². The van der Waals surface area contributed by atoms with E-state index in [1.807, 2.05) is 13.8 Å². The fourth-order valence-electron chi connectivity index (χ4n) is 0.155. The third kappa shape index (κ3) is 5.75. The van der Waals surface area contributed by atoms with Gasteiger partial charge in [0.15, 0.2) is 0 Å². The van der Waals surface area contributed by atoms with Crippen molar-refractivity contribution in [1.82, 2.24) is 0 Å². The van der Waals surface area contributed by atoms with Gasteiger partial charge >= 0.3 is 43.6 Å². The van der Waals surface area contributed by atoms with E-state index >= 15 is 0 Å². The molecule has 2 heteroatoms. The molecule has 0 bridgehead atoms. The first-order valence-electron chi connectivity index (χ1n) is 1.98. The first-order valence-corrected chi connectivity index (χ1v) is 2.80. The van der Waals surface area contributed by atoms with E-state index in [9.17, 15) is 4.57 Å². The molecular weight excluding hydrogens is 107 g/mol. The number of hydrogen-bond acceptors (Lipinski definition) is 1. The molecule has 0 saturated heterocycles. The van der Waals surface area contributed by atoms with E-state index in [0.29, 0.717) is 0 Å². The van der Waals surface area contributed by atoms with Crippen LogP contribution in [0.1, 0.15) is 13.8 Å². The standard InChI is InChI=1S/C5H7OP/c1-5(2)3-4-7-6/h3H,1-2H3. The maximum absolute atomic E-state index is 9.65. The Hall–Kier alpha value is -0.250. The Morgan fingerprint density at radius 1 is 1.71 bits per heavy atom. The molecule has 0 fully saturated rings.